The molecule has 0 atom stereocenters. The van der Waals surface area contributed by atoms with Crippen LogP contribution in [0.4, 0.5) is 0 Å². The number of hydrogen-bond donors (Lipinski definition) is 0. The third-order valence-electron chi connectivity index (χ3n) is 11.2. The Hall–Kier alpha value is -4.64. The fourth-order valence-electron chi connectivity index (χ4n) is 7.42. The van der Waals surface area contributed by atoms with Crippen LogP contribution in [-0.4, -0.2) is 17.2 Å². The van der Waals surface area contributed by atoms with Crippen LogP contribution in [-0.2, 0) is 28.1 Å². The molecule has 4 aromatic carbocycles. The van der Waals surface area contributed by atoms with Gasteiger partial charge in [0, 0.05) is 60.6 Å². The summed E-state index contributed by atoms with van der Waals surface area (Å²) in [5.41, 5.74) is 14.7. The van der Waals surface area contributed by atoms with Crippen molar-refractivity contribution in [2.75, 3.05) is 6.54 Å². The Labute approximate surface area is 363 Å². The molecule has 0 bridgehead atoms. The van der Waals surface area contributed by atoms with E-state index in [-0.39, 0.29) is 29.1 Å². The van der Waals surface area contributed by atoms with Gasteiger partial charge in [0.15, 0.2) is 0 Å². The van der Waals surface area contributed by atoms with Crippen molar-refractivity contribution in [3.63, 3.8) is 0 Å². The molecular weight excluding hydrogens is 753 g/mol. The van der Waals surface area contributed by atoms with Gasteiger partial charge in [0.2, 0.25) is 0 Å². The van der Waals surface area contributed by atoms with Gasteiger partial charge in [0.1, 0.15) is 0 Å². The van der Waals surface area contributed by atoms with E-state index in [1.807, 2.05) is 28.9 Å². The lowest BCUT2D eigenvalue weighted by Gasteiger charge is -2.20. The Bertz CT molecular complexity index is 2530. The summed E-state index contributed by atoms with van der Waals surface area (Å²) in [5, 5.41) is 1.23. The molecule has 306 valence electrons. The second-order valence-electron chi connectivity index (χ2n) is 19.9. The van der Waals surface area contributed by atoms with Crippen LogP contribution < -0.4 is 0 Å². The van der Waals surface area contributed by atoms with E-state index in [0.717, 1.165) is 24.4 Å². The molecule has 3 aromatic heterocycles. The van der Waals surface area contributed by atoms with Crippen LogP contribution in [0, 0.1) is 0 Å². The Kier molecular flexibility index (Phi) is 12.5. The molecule has 1 aliphatic rings. The monoisotopic (exact) mass is 816 g/mol. The minimum atomic E-state index is 0. The maximum atomic E-state index is 4.91. The summed E-state index contributed by atoms with van der Waals surface area (Å²) in [6.45, 7) is 28.0. The van der Waals surface area contributed by atoms with E-state index < -0.39 is 0 Å². The van der Waals surface area contributed by atoms with Gasteiger partial charge in [-0.25, -0.2) is 0 Å². The van der Waals surface area contributed by atoms with E-state index in [0.29, 0.717) is 0 Å². The van der Waals surface area contributed by atoms with Crippen LogP contribution in [0.15, 0.2) is 126 Å². The molecule has 0 spiro atoms. The summed E-state index contributed by atoms with van der Waals surface area (Å²) < 4.78 is 1.28. The number of hydrogen-bond acceptors (Lipinski definition) is 4. The van der Waals surface area contributed by atoms with Crippen molar-refractivity contribution < 1.29 is 0 Å². The minimum Gasteiger partial charge on any atom is -0.284 e. The van der Waals surface area contributed by atoms with Crippen molar-refractivity contribution >= 4 is 38.5 Å². The largest absolute Gasteiger partial charge is 0.284 e. The van der Waals surface area contributed by atoms with Crippen LogP contribution >= 0.6 is 22.7 Å². The summed E-state index contributed by atoms with van der Waals surface area (Å²) in [5.74, 6) is 0. The predicted octanol–water partition coefficient (Wildman–Crippen LogP) is 16.3. The molecule has 0 unspecified atom stereocenters. The highest BCUT2D eigenvalue weighted by atomic mass is 32.1. The lowest BCUT2D eigenvalue weighted by Crippen LogP contribution is -2.14. The number of fused-ring (bicyclic) bond motifs is 2. The molecule has 0 fully saturated rings. The van der Waals surface area contributed by atoms with Gasteiger partial charge in [0.25, 0.3) is 0 Å². The molecular formula is C55H64N2S2. The van der Waals surface area contributed by atoms with Crippen molar-refractivity contribution in [2.24, 2.45) is 4.99 Å². The molecule has 4 heteroatoms. The molecule has 1 aliphatic heterocycles. The second-order valence-corrected chi connectivity index (χ2v) is 22.1. The smallest absolute Gasteiger partial charge is 0.0788 e. The number of thiophene rings is 2. The van der Waals surface area contributed by atoms with Gasteiger partial charge in [-0.1, -0.05) is 188 Å². The number of aliphatic imine (C=N–C) groups is 1. The zero-order chi connectivity index (χ0) is 41.6. The number of rotatable bonds is 4. The van der Waals surface area contributed by atoms with Crippen LogP contribution in [0.1, 0.15) is 129 Å². The molecule has 0 N–H and O–H groups in total. The average molecular weight is 817 g/mol. The van der Waals surface area contributed by atoms with Crippen molar-refractivity contribution in [1.82, 2.24) is 4.98 Å². The highest BCUT2D eigenvalue weighted by Gasteiger charge is 2.22. The van der Waals surface area contributed by atoms with Crippen molar-refractivity contribution in [3.05, 3.63) is 160 Å². The maximum absolute atomic E-state index is 4.91. The first-order valence-electron chi connectivity index (χ1n) is 20.8. The third-order valence-corrected chi connectivity index (χ3v) is 13.6. The lowest BCUT2D eigenvalue weighted by molar-refractivity contribution is 0.590. The molecule has 59 heavy (non-hydrogen) atoms. The van der Waals surface area contributed by atoms with Gasteiger partial charge in [-0.2, -0.15) is 0 Å². The van der Waals surface area contributed by atoms with Gasteiger partial charge < -0.3 is 0 Å². The lowest BCUT2D eigenvalue weighted by atomic mass is 9.86. The highest BCUT2D eigenvalue weighted by molar-refractivity contribution is 7.22. The molecule has 0 saturated heterocycles. The summed E-state index contributed by atoms with van der Waals surface area (Å²) in [7, 11) is 0. The summed E-state index contributed by atoms with van der Waals surface area (Å²) in [6, 6.07) is 42.7. The van der Waals surface area contributed by atoms with E-state index in [4.69, 9.17) is 9.98 Å². The Morgan fingerprint density at radius 2 is 0.864 bits per heavy atom. The molecule has 0 radical (unpaired) electrons. The van der Waals surface area contributed by atoms with Crippen molar-refractivity contribution in [3.8, 4) is 32.1 Å². The fraction of sp³-hybridized carbons (Fsp3) is 0.345. The second kappa shape index (κ2) is 16.8. The maximum Gasteiger partial charge on any atom is 0.0788 e. The van der Waals surface area contributed by atoms with E-state index in [9.17, 15) is 0 Å². The van der Waals surface area contributed by atoms with E-state index in [1.54, 1.807) is 0 Å². The van der Waals surface area contributed by atoms with Gasteiger partial charge in [-0.15, -0.1) is 22.7 Å². The Balaban J connectivity index is 0.000000195. The zero-order valence-electron chi connectivity index (χ0n) is 36.7. The van der Waals surface area contributed by atoms with Crippen molar-refractivity contribution in [1.29, 1.82) is 0 Å². The van der Waals surface area contributed by atoms with Gasteiger partial charge in [-0.05, 0) is 73.2 Å². The first-order valence-corrected chi connectivity index (χ1v) is 22.4. The van der Waals surface area contributed by atoms with Crippen molar-refractivity contribution in [2.45, 2.75) is 119 Å². The standard InChI is InChI=1S/C27H31NS.C27H29NS.CH4/c2*1-26(2,3)20-11-7-18(8-12-20)24-17-22-23(29-24)15-16-28-25(22)19-9-13-21(14-10-19)27(4,5)6;/h7-14,17H,15-16H2,1-6H3;7-17H,1-6H3;1H4. The van der Waals surface area contributed by atoms with Crippen LogP contribution in [0.3, 0.4) is 0 Å². The summed E-state index contributed by atoms with van der Waals surface area (Å²) in [4.78, 5) is 13.7. The normalized spacial score (nSPS) is 13.3. The highest BCUT2D eigenvalue weighted by Crippen LogP contribution is 2.40. The molecule has 0 amide bonds. The third kappa shape index (κ3) is 9.88. The van der Waals surface area contributed by atoms with Gasteiger partial charge >= 0.3 is 0 Å². The van der Waals surface area contributed by atoms with Crippen LogP contribution in [0.5, 0.6) is 0 Å². The zero-order valence-corrected chi connectivity index (χ0v) is 38.3. The molecule has 0 saturated carbocycles. The first-order chi connectivity index (χ1) is 27.3. The van der Waals surface area contributed by atoms with Crippen LogP contribution in [0.2, 0.25) is 0 Å². The van der Waals surface area contributed by atoms with E-state index in [2.05, 4.69) is 198 Å². The number of aromatic nitrogens is 1. The van der Waals surface area contributed by atoms with E-state index in [1.165, 1.54) is 74.8 Å². The Morgan fingerprint density at radius 3 is 1.31 bits per heavy atom. The predicted molar refractivity (Wildman–Crippen MR) is 262 cm³/mol. The quantitative estimate of drug-likeness (QED) is 0.174. The Morgan fingerprint density at radius 1 is 0.458 bits per heavy atom. The number of pyridine rings is 1. The van der Waals surface area contributed by atoms with E-state index >= 15 is 0 Å². The minimum absolute atomic E-state index is 0. The fourth-order valence-corrected chi connectivity index (χ4v) is 9.64. The topological polar surface area (TPSA) is 25.2 Å². The SMILES string of the molecule is C.CC(C)(C)c1ccc(-c2cc3c(-c4ccc(C(C)(C)C)cc4)nccc3s2)cc1.CC(C)(C)c1ccc(C2=NCCc3sc(-c4ccc(C(C)(C)C)cc4)cc32)cc1. The first kappa shape index (κ1) is 43.9. The van der Waals surface area contributed by atoms with Gasteiger partial charge in [0.05, 0.1) is 11.4 Å². The van der Waals surface area contributed by atoms with Crippen LogP contribution in [0.25, 0.3) is 42.2 Å². The molecule has 0 aliphatic carbocycles. The average Bonchev–Trinajstić information content (AvgIpc) is 3.82. The number of nitrogens with zero attached hydrogens (tertiary/aromatic N) is 2. The molecule has 7 aromatic rings. The molecule has 8 rings (SSSR count). The summed E-state index contributed by atoms with van der Waals surface area (Å²) in [6.07, 6.45) is 2.97. The summed E-state index contributed by atoms with van der Waals surface area (Å²) >= 11 is 3.77. The molecule has 2 nitrogen and oxygen atoms in total. The molecule has 4 heterocycles. The van der Waals surface area contributed by atoms with Gasteiger partial charge in [-0.3, -0.25) is 9.98 Å². The number of benzene rings is 4.